The first kappa shape index (κ1) is 11.5. The second kappa shape index (κ2) is 6.02. The summed E-state index contributed by atoms with van der Waals surface area (Å²) in [6, 6.07) is 0.393. The molecule has 0 saturated carbocycles. The van der Waals surface area contributed by atoms with E-state index >= 15 is 0 Å². The van der Waals surface area contributed by atoms with Gasteiger partial charge < -0.3 is 10.6 Å². The average molecular weight is 198 g/mol. The van der Waals surface area contributed by atoms with E-state index in [4.69, 9.17) is 0 Å². The van der Waals surface area contributed by atoms with Crippen LogP contribution in [0.3, 0.4) is 0 Å². The first-order valence-corrected chi connectivity index (χ1v) is 5.77. The summed E-state index contributed by atoms with van der Waals surface area (Å²) >= 11 is 0. The van der Waals surface area contributed by atoms with Crippen molar-refractivity contribution in [1.29, 1.82) is 0 Å². The zero-order valence-corrected chi connectivity index (χ0v) is 9.31. The smallest absolute Gasteiger partial charge is 0.237 e. The Kier molecular flexibility index (Phi) is 4.94. The third kappa shape index (κ3) is 3.66. The Morgan fingerprint density at radius 3 is 3.00 bits per heavy atom. The lowest BCUT2D eigenvalue weighted by Gasteiger charge is -2.16. The van der Waals surface area contributed by atoms with Crippen molar-refractivity contribution in [1.82, 2.24) is 10.6 Å². The highest BCUT2D eigenvalue weighted by Crippen LogP contribution is 2.06. The quantitative estimate of drug-likeness (QED) is 0.701. The molecule has 1 amide bonds. The van der Waals surface area contributed by atoms with Crippen LogP contribution in [-0.4, -0.2) is 24.5 Å². The summed E-state index contributed by atoms with van der Waals surface area (Å²) in [5, 5.41) is 6.26. The Hall–Kier alpha value is -0.570. The Morgan fingerprint density at radius 1 is 1.64 bits per heavy atom. The van der Waals surface area contributed by atoms with Gasteiger partial charge in [-0.3, -0.25) is 4.79 Å². The molecular weight excluding hydrogens is 176 g/mol. The number of carbonyl (C=O) groups excluding carboxylic acids is 1. The molecule has 2 unspecified atom stereocenters. The number of amides is 1. The molecule has 0 bridgehead atoms. The van der Waals surface area contributed by atoms with Crippen LogP contribution in [0.5, 0.6) is 0 Å². The zero-order chi connectivity index (χ0) is 10.4. The minimum Gasteiger partial charge on any atom is -0.352 e. The van der Waals surface area contributed by atoms with Crippen LogP contribution in [0.25, 0.3) is 0 Å². The minimum atomic E-state index is 0.0686. The molecule has 1 aliphatic rings. The van der Waals surface area contributed by atoms with E-state index in [1.807, 2.05) is 0 Å². The summed E-state index contributed by atoms with van der Waals surface area (Å²) in [5.41, 5.74) is 0. The van der Waals surface area contributed by atoms with Gasteiger partial charge >= 0.3 is 0 Å². The number of hydrogen-bond acceptors (Lipinski definition) is 2. The van der Waals surface area contributed by atoms with E-state index in [1.54, 1.807) is 0 Å². The van der Waals surface area contributed by atoms with Crippen molar-refractivity contribution in [2.75, 3.05) is 6.54 Å². The monoisotopic (exact) mass is 198 g/mol. The molecule has 2 N–H and O–H groups in total. The summed E-state index contributed by atoms with van der Waals surface area (Å²) in [4.78, 5) is 11.6. The van der Waals surface area contributed by atoms with Gasteiger partial charge in [0.15, 0.2) is 0 Å². The van der Waals surface area contributed by atoms with Gasteiger partial charge in [0.05, 0.1) is 6.04 Å². The maximum atomic E-state index is 11.6. The molecule has 82 valence electrons. The number of unbranched alkanes of at least 4 members (excludes halogenated alkanes) is 1. The third-order valence-electron chi connectivity index (χ3n) is 2.76. The number of hydrogen-bond donors (Lipinski definition) is 2. The van der Waals surface area contributed by atoms with Gasteiger partial charge in [0.1, 0.15) is 0 Å². The van der Waals surface area contributed by atoms with Crippen molar-refractivity contribution in [3.05, 3.63) is 0 Å². The van der Waals surface area contributed by atoms with Gasteiger partial charge in [0, 0.05) is 6.04 Å². The van der Waals surface area contributed by atoms with Gasteiger partial charge in [-0.25, -0.2) is 0 Å². The van der Waals surface area contributed by atoms with Gasteiger partial charge in [-0.05, 0) is 32.7 Å². The lowest BCUT2D eigenvalue weighted by Crippen LogP contribution is -2.44. The SMILES string of the molecule is CCCCC(C)NC(=O)C1CCCN1. The largest absolute Gasteiger partial charge is 0.352 e. The molecule has 1 rings (SSSR count). The molecule has 0 radical (unpaired) electrons. The predicted octanol–water partition coefficient (Wildman–Crippen LogP) is 1.43. The van der Waals surface area contributed by atoms with E-state index in [0.717, 1.165) is 25.8 Å². The molecule has 0 aromatic heterocycles. The molecule has 0 aliphatic carbocycles. The van der Waals surface area contributed by atoms with Crippen molar-refractivity contribution in [2.45, 2.75) is 58.0 Å². The van der Waals surface area contributed by atoms with Crippen molar-refractivity contribution >= 4 is 5.91 Å². The normalized spacial score (nSPS) is 23.4. The standard InChI is InChI=1S/C11H22N2O/c1-3-4-6-9(2)13-11(14)10-7-5-8-12-10/h9-10,12H,3-8H2,1-2H3,(H,13,14). The highest BCUT2D eigenvalue weighted by Gasteiger charge is 2.22. The Morgan fingerprint density at radius 2 is 2.43 bits per heavy atom. The topological polar surface area (TPSA) is 41.1 Å². The highest BCUT2D eigenvalue weighted by molar-refractivity contribution is 5.82. The molecule has 0 spiro atoms. The van der Waals surface area contributed by atoms with Crippen LogP contribution < -0.4 is 10.6 Å². The molecule has 14 heavy (non-hydrogen) atoms. The Bertz CT molecular complexity index is 176. The molecule has 0 aromatic rings. The maximum Gasteiger partial charge on any atom is 0.237 e. The zero-order valence-electron chi connectivity index (χ0n) is 9.31. The summed E-state index contributed by atoms with van der Waals surface area (Å²) in [6.07, 6.45) is 5.60. The summed E-state index contributed by atoms with van der Waals surface area (Å²) < 4.78 is 0. The van der Waals surface area contributed by atoms with E-state index < -0.39 is 0 Å². The molecular formula is C11H22N2O. The fourth-order valence-electron chi connectivity index (χ4n) is 1.83. The lowest BCUT2D eigenvalue weighted by molar-refractivity contribution is -0.123. The minimum absolute atomic E-state index is 0.0686. The van der Waals surface area contributed by atoms with Crippen LogP contribution >= 0.6 is 0 Å². The van der Waals surface area contributed by atoms with Gasteiger partial charge in [-0.15, -0.1) is 0 Å². The summed E-state index contributed by atoms with van der Waals surface area (Å²) in [7, 11) is 0. The lowest BCUT2D eigenvalue weighted by atomic mass is 10.1. The van der Waals surface area contributed by atoms with E-state index in [2.05, 4.69) is 24.5 Å². The van der Waals surface area contributed by atoms with Crippen LogP contribution in [-0.2, 0) is 4.79 Å². The van der Waals surface area contributed by atoms with E-state index in [1.165, 1.54) is 12.8 Å². The van der Waals surface area contributed by atoms with Gasteiger partial charge in [-0.2, -0.15) is 0 Å². The van der Waals surface area contributed by atoms with Crippen molar-refractivity contribution in [3.8, 4) is 0 Å². The fourth-order valence-corrected chi connectivity index (χ4v) is 1.83. The fraction of sp³-hybridized carbons (Fsp3) is 0.909. The van der Waals surface area contributed by atoms with Crippen LogP contribution in [0.4, 0.5) is 0 Å². The summed E-state index contributed by atoms with van der Waals surface area (Å²) in [5.74, 6) is 0.186. The van der Waals surface area contributed by atoms with Crippen LogP contribution in [0.2, 0.25) is 0 Å². The number of carbonyl (C=O) groups is 1. The molecule has 1 saturated heterocycles. The van der Waals surface area contributed by atoms with E-state index in [9.17, 15) is 4.79 Å². The molecule has 1 aliphatic heterocycles. The molecule has 2 atom stereocenters. The molecule has 1 fully saturated rings. The first-order valence-electron chi connectivity index (χ1n) is 5.77. The van der Waals surface area contributed by atoms with Crippen LogP contribution in [0.1, 0.15) is 46.0 Å². The molecule has 1 heterocycles. The third-order valence-corrected chi connectivity index (χ3v) is 2.76. The second-order valence-corrected chi connectivity index (χ2v) is 4.20. The molecule has 3 nitrogen and oxygen atoms in total. The number of nitrogens with one attached hydrogen (secondary N) is 2. The average Bonchev–Trinajstić information content (AvgIpc) is 2.67. The van der Waals surface area contributed by atoms with Crippen molar-refractivity contribution < 1.29 is 4.79 Å². The van der Waals surface area contributed by atoms with E-state index in [0.29, 0.717) is 6.04 Å². The second-order valence-electron chi connectivity index (χ2n) is 4.20. The first-order chi connectivity index (χ1) is 6.74. The van der Waals surface area contributed by atoms with Crippen LogP contribution in [0, 0.1) is 0 Å². The maximum absolute atomic E-state index is 11.6. The van der Waals surface area contributed by atoms with Gasteiger partial charge in [0.25, 0.3) is 0 Å². The Balaban J connectivity index is 2.18. The molecule has 3 heteroatoms. The van der Waals surface area contributed by atoms with Crippen molar-refractivity contribution in [3.63, 3.8) is 0 Å². The van der Waals surface area contributed by atoms with E-state index in [-0.39, 0.29) is 11.9 Å². The van der Waals surface area contributed by atoms with Gasteiger partial charge in [0.2, 0.25) is 5.91 Å². The summed E-state index contributed by atoms with van der Waals surface area (Å²) in [6.45, 7) is 5.25. The van der Waals surface area contributed by atoms with Gasteiger partial charge in [-0.1, -0.05) is 19.8 Å². The molecule has 0 aromatic carbocycles. The van der Waals surface area contributed by atoms with Crippen molar-refractivity contribution in [2.24, 2.45) is 0 Å². The van der Waals surface area contributed by atoms with Crippen LogP contribution in [0.15, 0.2) is 0 Å². The Labute approximate surface area is 86.6 Å². The predicted molar refractivity (Wildman–Crippen MR) is 58.2 cm³/mol. The number of rotatable bonds is 5. The highest BCUT2D eigenvalue weighted by atomic mass is 16.2.